The van der Waals surface area contributed by atoms with Crippen molar-refractivity contribution in [2.24, 2.45) is 0 Å². The lowest BCUT2D eigenvalue weighted by molar-refractivity contribution is -0.116. The second-order valence-corrected chi connectivity index (χ2v) is 5.17. The number of hydrogen-bond acceptors (Lipinski definition) is 3. The molecule has 6 nitrogen and oxygen atoms in total. The molecule has 0 saturated heterocycles. The van der Waals surface area contributed by atoms with E-state index in [0.29, 0.717) is 6.54 Å². The zero-order valence-corrected chi connectivity index (χ0v) is 13.4. The Morgan fingerprint density at radius 1 is 1.32 bits per heavy atom. The van der Waals surface area contributed by atoms with Crippen LogP contribution in [0.15, 0.2) is 24.5 Å². The Labute approximate surface area is 130 Å². The average Bonchev–Trinajstić information content (AvgIpc) is 3.07. The van der Waals surface area contributed by atoms with Crippen LogP contribution in [-0.4, -0.2) is 32.0 Å². The summed E-state index contributed by atoms with van der Waals surface area (Å²) >= 11 is 0. The van der Waals surface area contributed by atoms with Gasteiger partial charge in [-0.05, 0) is 39.3 Å². The molecule has 0 saturated carbocycles. The summed E-state index contributed by atoms with van der Waals surface area (Å²) in [6.07, 6.45) is 7.79. The van der Waals surface area contributed by atoms with Crippen molar-refractivity contribution < 1.29 is 4.79 Å². The Morgan fingerprint density at radius 3 is 2.77 bits per heavy atom. The predicted molar refractivity (Wildman–Crippen MR) is 86.3 cm³/mol. The predicted octanol–water partition coefficient (Wildman–Crippen LogP) is 1.94. The molecule has 0 aliphatic carbocycles. The molecular formula is C16H23N5O. The van der Waals surface area contributed by atoms with Gasteiger partial charge >= 0.3 is 0 Å². The summed E-state index contributed by atoms with van der Waals surface area (Å²) < 4.78 is 3.84. The van der Waals surface area contributed by atoms with Crippen LogP contribution in [0.2, 0.25) is 0 Å². The van der Waals surface area contributed by atoms with Crippen molar-refractivity contribution in [3.05, 3.63) is 41.5 Å². The molecular weight excluding hydrogens is 278 g/mol. The van der Waals surface area contributed by atoms with Gasteiger partial charge < -0.3 is 5.32 Å². The molecule has 0 aliphatic rings. The minimum atomic E-state index is -0.0826. The quantitative estimate of drug-likeness (QED) is 0.628. The molecule has 0 bridgehead atoms. The molecule has 0 unspecified atom stereocenters. The smallest absolute Gasteiger partial charge is 0.244 e. The van der Waals surface area contributed by atoms with Gasteiger partial charge in [0.05, 0.1) is 6.20 Å². The number of nitrogens with zero attached hydrogens (tertiary/aromatic N) is 4. The zero-order valence-electron chi connectivity index (χ0n) is 13.4. The van der Waals surface area contributed by atoms with E-state index >= 15 is 0 Å². The van der Waals surface area contributed by atoms with Crippen molar-refractivity contribution in [3.8, 4) is 0 Å². The van der Waals surface area contributed by atoms with Crippen LogP contribution in [0.5, 0.6) is 0 Å². The van der Waals surface area contributed by atoms with Crippen LogP contribution in [0, 0.1) is 13.8 Å². The number of aryl methyl sites for hydroxylation is 3. The fraction of sp³-hybridized carbons (Fsp3) is 0.438. The van der Waals surface area contributed by atoms with Crippen LogP contribution in [0.4, 0.5) is 0 Å². The number of amides is 1. The van der Waals surface area contributed by atoms with Crippen LogP contribution in [0.25, 0.3) is 6.08 Å². The number of carbonyl (C=O) groups excluding carboxylic acids is 1. The molecule has 0 aliphatic heterocycles. The zero-order chi connectivity index (χ0) is 15.9. The van der Waals surface area contributed by atoms with Gasteiger partial charge in [-0.25, -0.2) is 0 Å². The second-order valence-electron chi connectivity index (χ2n) is 5.17. The van der Waals surface area contributed by atoms with Crippen LogP contribution < -0.4 is 5.32 Å². The van der Waals surface area contributed by atoms with Gasteiger partial charge in [-0.15, -0.1) is 0 Å². The summed E-state index contributed by atoms with van der Waals surface area (Å²) in [5.41, 5.74) is 3.18. The molecule has 6 heteroatoms. The van der Waals surface area contributed by atoms with E-state index in [1.54, 1.807) is 18.5 Å². The second kappa shape index (κ2) is 7.59. The molecule has 0 radical (unpaired) electrons. The van der Waals surface area contributed by atoms with Gasteiger partial charge in [0, 0.05) is 48.9 Å². The standard InChI is InChI=1S/C16H23N5O/c1-4-20-14(3)15(12-19-20)6-7-16(22)17-9-5-11-21-13(2)8-10-18-21/h6-8,10,12H,4-5,9,11H2,1-3H3,(H,17,22)/b7-6+. The lowest BCUT2D eigenvalue weighted by Gasteiger charge is -2.05. The molecule has 1 amide bonds. The minimum absolute atomic E-state index is 0.0826. The van der Waals surface area contributed by atoms with E-state index in [4.69, 9.17) is 0 Å². The highest BCUT2D eigenvalue weighted by atomic mass is 16.1. The van der Waals surface area contributed by atoms with Crippen molar-refractivity contribution in [3.63, 3.8) is 0 Å². The first kappa shape index (κ1) is 16.0. The molecule has 2 aromatic heterocycles. The molecule has 2 aromatic rings. The fourth-order valence-corrected chi connectivity index (χ4v) is 2.24. The maximum Gasteiger partial charge on any atom is 0.244 e. The van der Waals surface area contributed by atoms with Gasteiger partial charge in [-0.2, -0.15) is 10.2 Å². The summed E-state index contributed by atoms with van der Waals surface area (Å²) in [5.74, 6) is -0.0826. The van der Waals surface area contributed by atoms with Crippen LogP contribution >= 0.6 is 0 Å². The van der Waals surface area contributed by atoms with Crippen molar-refractivity contribution >= 4 is 12.0 Å². The Bertz CT molecular complexity index is 653. The Kier molecular flexibility index (Phi) is 5.52. The van der Waals surface area contributed by atoms with Gasteiger partial charge in [0.25, 0.3) is 0 Å². The van der Waals surface area contributed by atoms with E-state index in [2.05, 4.69) is 15.5 Å². The SMILES string of the molecule is CCn1ncc(/C=C/C(=O)NCCCn2nccc2C)c1C. The summed E-state index contributed by atoms with van der Waals surface area (Å²) in [6, 6.07) is 1.97. The highest BCUT2D eigenvalue weighted by molar-refractivity contribution is 5.91. The number of hydrogen-bond donors (Lipinski definition) is 1. The molecule has 0 spiro atoms. The van der Waals surface area contributed by atoms with Crippen LogP contribution in [0.3, 0.4) is 0 Å². The first-order chi connectivity index (χ1) is 10.6. The van der Waals surface area contributed by atoms with Gasteiger partial charge in [0.15, 0.2) is 0 Å². The minimum Gasteiger partial charge on any atom is -0.352 e. The summed E-state index contributed by atoms with van der Waals surface area (Å²) in [4.78, 5) is 11.8. The lowest BCUT2D eigenvalue weighted by Crippen LogP contribution is -2.23. The average molecular weight is 301 g/mol. The van der Waals surface area contributed by atoms with E-state index in [0.717, 1.165) is 36.5 Å². The van der Waals surface area contributed by atoms with E-state index in [1.807, 2.05) is 42.3 Å². The van der Waals surface area contributed by atoms with E-state index < -0.39 is 0 Å². The van der Waals surface area contributed by atoms with Gasteiger partial charge in [-0.1, -0.05) is 0 Å². The molecule has 0 fully saturated rings. The maximum absolute atomic E-state index is 11.8. The van der Waals surface area contributed by atoms with E-state index in [1.165, 1.54) is 0 Å². The van der Waals surface area contributed by atoms with E-state index in [-0.39, 0.29) is 5.91 Å². The highest BCUT2D eigenvalue weighted by Gasteiger charge is 2.02. The first-order valence-electron chi connectivity index (χ1n) is 7.58. The van der Waals surface area contributed by atoms with Gasteiger partial charge in [-0.3, -0.25) is 14.2 Å². The van der Waals surface area contributed by atoms with Gasteiger partial charge in [0.2, 0.25) is 5.91 Å². The van der Waals surface area contributed by atoms with Crippen molar-refractivity contribution in [2.45, 2.75) is 40.3 Å². The maximum atomic E-state index is 11.8. The molecule has 0 atom stereocenters. The Balaban J connectivity index is 1.74. The van der Waals surface area contributed by atoms with Gasteiger partial charge in [0.1, 0.15) is 0 Å². The topological polar surface area (TPSA) is 64.7 Å². The first-order valence-corrected chi connectivity index (χ1v) is 7.58. The van der Waals surface area contributed by atoms with Crippen molar-refractivity contribution in [1.29, 1.82) is 0 Å². The number of carbonyl (C=O) groups is 1. The Hall–Kier alpha value is -2.37. The Morgan fingerprint density at radius 2 is 2.14 bits per heavy atom. The largest absolute Gasteiger partial charge is 0.352 e. The molecule has 118 valence electrons. The molecule has 1 N–H and O–H groups in total. The third-order valence-corrected chi connectivity index (χ3v) is 3.63. The molecule has 22 heavy (non-hydrogen) atoms. The van der Waals surface area contributed by atoms with Crippen LogP contribution in [-0.2, 0) is 17.9 Å². The van der Waals surface area contributed by atoms with Crippen molar-refractivity contribution in [2.75, 3.05) is 6.54 Å². The third kappa shape index (κ3) is 4.07. The lowest BCUT2D eigenvalue weighted by atomic mass is 10.2. The molecule has 2 rings (SSSR count). The van der Waals surface area contributed by atoms with E-state index in [9.17, 15) is 4.79 Å². The number of aromatic nitrogens is 4. The third-order valence-electron chi connectivity index (χ3n) is 3.63. The molecule has 2 heterocycles. The monoisotopic (exact) mass is 301 g/mol. The van der Waals surface area contributed by atoms with Crippen molar-refractivity contribution in [1.82, 2.24) is 24.9 Å². The normalized spacial score (nSPS) is 11.2. The summed E-state index contributed by atoms with van der Waals surface area (Å²) in [7, 11) is 0. The number of nitrogens with one attached hydrogen (secondary N) is 1. The number of rotatable bonds is 7. The summed E-state index contributed by atoms with van der Waals surface area (Å²) in [6.45, 7) is 8.34. The highest BCUT2D eigenvalue weighted by Crippen LogP contribution is 2.08. The fourth-order valence-electron chi connectivity index (χ4n) is 2.24. The van der Waals surface area contributed by atoms with Crippen LogP contribution in [0.1, 0.15) is 30.3 Å². The summed E-state index contributed by atoms with van der Waals surface area (Å²) in [5, 5.41) is 11.3. The molecule has 0 aromatic carbocycles.